The number of ether oxygens (including phenoxy) is 1. The van der Waals surface area contributed by atoms with Gasteiger partial charge in [-0.25, -0.2) is 4.57 Å². The lowest BCUT2D eigenvalue weighted by Gasteiger charge is -1.91. The van der Waals surface area contributed by atoms with Gasteiger partial charge in [0.15, 0.2) is 0 Å². The van der Waals surface area contributed by atoms with Gasteiger partial charge in [-0.15, -0.1) is 0 Å². The number of hydrogen-bond donors (Lipinski definition) is 4. The van der Waals surface area contributed by atoms with Crippen LogP contribution in [-0.4, -0.2) is 39.6 Å². The fourth-order valence-corrected chi connectivity index (χ4v) is 0.209. The first-order valence-corrected chi connectivity index (χ1v) is 4.45. The standard InChI is InChI=1S/C4H10O2.H3O4P/c1-2-6-4-3-5;1-5(2,3)4/h5H,2-4H2,1H3;(H3,1,2,3,4). The van der Waals surface area contributed by atoms with Gasteiger partial charge in [0.1, 0.15) is 0 Å². The summed E-state index contributed by atoms with van der Waals surface area (Å²) in [5, 5.41) is 8.07. The molecule has 0 unspecified atom stereocenters. The molecule has 0 radical (unpaired) electrons. The van der Waals surface area contributed by atoms with Crippen molar-refractivity contribution in [1.29, 1.82) is 0 Å². The minimum atomic E-state index is -4.64. The second-order valence-corrected chi connectivity index (χ2v) is 2.46. The zero-order valence-corrected chi connectivity index (χ0v) is 7.07. The lowest BCUT2D eigenvalue weighted by molar-refractivity contribution is 0.102. The Labute approximate surface area is 64.7 Å². The third-order valence-corrected chi connectivity index (χ3v) is 0.440. The molecule has 0 bridgehead atoms. The quantitative estimate of drug-likeness (QED) is 0.337. The van der Waals surface area contributed by atoms with Crippen molar-refractivity contribution in [3.63, 3.8) is 0 Å². The van der Waals surface area contributed by atoms with Crippen molar-refractivity contribution in [2.24, 2.45) is 0 Å². The Hall–Kier alpha value is 0.0300. The lowest BCUT2D eigenvalue weighted by atomic mass is 10.8. The van der Waals surface area contributed by atoms with E-state index in [0.717, 1.165) is 0 Å². The molecular weight excluding hydrogens is 175 g/mol. The number of aliphatic hydroxyl groups excluding tert-OH is 1. The maximum Gasteiger partial charge on any atom is 0.466 e. The zero-order valence-electron chi connectivity index (χ0n) is 6.17. The van der Waals surface area contributed by atoms with E-state index in [1.54, 1.807) is 0 Å². The Kier molecular flexibility index (Phi) is 10.1. The summed E-state index contributed by atoms with van der Waals surface area (Å²) >= 11 is 0. The van der Waals surface area contributed by atoms with Crippen LogP contribution in [0.15, 0.2) is 0 Å². The summed E-state index contributed by atoms with van der Waals surface area (Å²) in [6.07, 6.45) is 0. The van der Waals surface area contributed by atoms with E-state index < -0.39 is 7.82 Å². The molecule has 0 atom stereocenters. The predicted molar refractivity (Wildman–Crippen MR) is 37.8 cm³/mol. The second kappa shape index (κ2) is 8.13. The van der Waals surface area contributed by atoms with Crippen LogP contribution in [0.3, 0.4) is 0 Å². The van der Waals surface area contributed by atoms with E-state index in [9.17, 15) is 0 Å². The van der Waals surface area contributed by atoms with Crippen LogP contribution in [0.4, 0.5) is 0 Å². The van der Waals surface area contributed by atoms with E-state index in [4.69, 9.17) is 29.1 Å². The highest BCUT2D eigenvalue weighted by molar-refractivity contribution is 7.45. The fourth-order valence-electron chi connectivity index (χ4n) is 0.209. The van der Waals surface area contributed by atoms with Gasteiger partial charge in [-0.1, -0.05) is 0 Å². The molecule has 11 heavy (non-hydrogen) atoms. The molecule has 6 nitrogen and oxygen atoms in total. The van der Waals surface area contributed by atoms with Crippen molar-refractivity contribution >= 4 is 7.82 Å². The van der Waals surface area contributed by atoms with Crippen molar-refractivity contribution in [3.05, 3.63) is 0 Å². The molecule has 0 aromatic heterocycles. The van der Waals surface area contributed by atoms with Crippen molar-refractivity contribution in [2.75, 3.05) is 19.8 Å². The Bertz CT molecular complexity index is 96.9. The highest BCUT2D eigenvalue weighted by Gasteiger charge is 2.00. The monoisotopic (exact) mass is 188 g/mol. The average molecular weight is 188 g/mol. The summed E-state index contributed by atoms with van der Waals surface area (Å²) in [5.74, 6) is 0. The van der Waals surface area contributed by atoms with Crippen LogP contribution in [0.5, 0.6) is 0 Å². The number of hydrogen-bond acceptors (Lipinski definition) is 3. The van der Waals surface area contributed by atoms with E-state index >= 15 is 0 Å². The van der Waals surface area contributed by atoms with Gasteiger partial charge in [0.25, 0.3) is 0 Å². The van der Waals surface area contributed by atoms with Crippen molar-refractivity contribution < 1.29 is 29.1 Å². The van der Waals surface area contributed by atoms with Crippen LogP contribution in [0.2, 0.25) is 0 Å². The molecular formula is C4H13O6P. The van der Waals surface area contributed by atoms with E-state index in [1.165, 1.54) is 0 Å². The van der Waals surface area contributed by atoms with Gasteiger partial charge in [0.2, 0.25) is 0 Å². The number of aliphatic hydroxyl groups is 1. The van der Waals surface area contributed by atoms with Crippen LogP contribution in [-0.2, 0) is 9.30 Å². The minimum Gasteiger partial charge on any atom is -0.394 e. The highest BCUT2D eigenvalue weighted by Crippen LogP contribution is 2.25. The Morgan fingerprint density at radius 1 is 1.36 bits per heavy atom. The highest BCUT2D eigenvalue weighted by atomic mass is 31.2. The minimum absolute atomic E-state index is 0.133. The third-order valence-electron chi connectivity index (χ3n) is 0.440. The van der Waals surface area contributed by atoms with Gasteiger partial charge in [-0.05, 0) is 6.92 Å². The number of rotatable bonds is 3. The van der Waals surface area contributed by atoms with Gasteiger partial charge in [-0.2, -0.15) is 0 Å². The van der Waals surface area contributed by atoms with Gasteiger partial charge in [0.05, 0.1) is 13.2 Å². The molecule has 0 aromatic carbocycles. The van der Waals surface area contributed by atoms with Gasteiger partial charge in [-0.3, -0.25) is 0 Å². The molecule has 7 heteroatoms. The van der Waals surface area contributed by atoms with Crippen molar-refractivity contribution in [3.8, 4) is 0 Å². The molecule has 4 N–H and O–H groups in total. The summed E-state index contributed by atoms with van der Waals surface area (Å²) in [7, 11) is -4.64. The van der Waals surface area contributed by atoms with Crippen molar-refractivity contribution in [1.82, 2.24) is 0 Å². The Morgan fingerprint density at radius 2 is 1.73 bits per heavy atom. The smallest absolute Gasteiger partial charge is 0.394 e. The van der Waals surface area contributed by atoms with E-state index in [2.05, 4.69) is 0 Å². The van der Waals surface area contributed by atoms with Crippen LogP contribution in [0.1, 0.15) is 6.92 Å². The molecule has 70 valence electrons. The number of phosphoric acid groups is 1. The molecule has 0 aromatic rings. The van der Waals surface area contributed by atoms with Crippen LogP contribution in [0.25, 0.3) is 0 Å². The topological polar surface area (TPSA) is 107 Å². The molecule has 0 fully saturated rings. The first kappa shape index (κ1) is 13.6. The Balaban J connectivity index is 0. The molecule has 0 spiro atoms. The third kappa shape index (κ3) is 70.4. The first-order chi connectivity index (χ1) is 4.91. The average Bonchev–Trinajstić information content (AvgIpc) is 1.79. The van der Waals surface area contributed by atoms with Crippen LogP contribution < -0.4 is 0 Å². The normalized spacial score (nSPS) is 10.3. The Morgan fingerprint density at radius 3 is 1.82 bits per heavy atom. The molecule has 0 rings (SSSR count). The van der Waals surface area contributed by atoms with Crippen LogP contribution in [0, 0.1) is 0 Å². The SMILES string of the molecule is CCOCCO.O=P(O)(O)O. The zero-order chi connectivity index (χ0) is 9.33. The molecule has 0 saturated heterocycles. The lowest BCUT2D eigenvalue weighted by Crippen LogP contribution is -1.96. The maximum atomic E-state index is 8.88. The van der Waals surface area contributed by atoms with Crippen molar-refractivity contribution in [2.45, 2.75) is 6.92 Å². The van der Waals surface area contributed by atoms with Gasteiger partial charge >= 0.3 is 7.82 Å². The molecule has 0 aliphatic heterocycles. The van der Waals surface area contributed by atoms with E-state index in [0.29, 0.717) is 13.2 Å². The second-order valence-electron chi connectivity index (χ2n) is 1.43. The molecule has 0 aliphatic carbocycles. The predicted octanol–water partition coefficient (Wildman–Crippen LogP) is -0.913. The largest absolute Gasteiger partial charge is 0.466 e. The molecule has 0 amide bonds. The summed E-state index contributed by atoms with van der Waals surface area (Å²) in [6, 6.07) is 0. The van der Waals surface area contributed by atoms with Gasteiger partial charge in [0, 0.05) is 6.61 Å². The van der Waals surface area contributed by atoms with Crippen LogP contribution >= 0.6 is 7.82 Å². The maximum absolute atomic E-state index is 8.88. The first-order valence-electron chi connectivity index (χ1n) is 2.88. The fraction of sp³-hybridized carbons (Fsp3) is 1.00. The summed E-state index contributed by atoms with van der Waals surface area (Å²) in [6.45, 7) is 3.20. The van der Waals surface area contributed by atoms with Gasteiger partial charge < -0.3 is 24.5 Å². The van der Waals surface area contributed by atoms with E-state index in [-0.39, 0.29) is 6.61 Å². The molecule has 0 saturated carbocycles. The van der Waals surface area contributed by atoms with E-state index in [1.807, 2.05) is 6.92 Å². The summed E-state index contributed by atoms with van der Waals surface area (Å²) in [5.41, 5.74) is 0. The molecule has 0 heterocycles. The molecule has 0 aliphatic rings. The summed E-state index contributed by atoms with van der Waals surface area (Å²) < 4.78 is 13.6. The summed E-state index contributed by atoms with van der Waals surface area (Å²) in [4.78, 5) is 21.6.